The summed E-state index contributed by atoms with van der Waals surface area (Å²) in [6.07, 6.45) is 0. The molecule has 3 heterocycles. The number of anilines is 3. The first-order chi connectivity index (χ1) is 11.6. The molecular weight excluding hydrogens is 338 g/mol. The van der Waals surface area contributed by atoms with E-state index < -0.39 is 0 Å². The molecular formula is C19H15NO2S2. The minimum absolute atomic E-state index is 0.133. The number of nitrogens with zero attached hydrogens (tertiary/aromatic N) is 1. The molecule has 0 unspecified atom stereocenters. The van der Waals surface area contributed by atoms with Crippen molar-refractivity contribution in [2.45, 2.75) is 23.5 Å². The van der Waals surface area contributed by atoms with Crippen LogP contribution in [0.25, 0.3) is 0 Å². The monoisotopic (exact) mass is 353 g/mol. The van der Waals surface area contributed by atoms with Crippen LogP contribution >= 0.6 is 23.4 Å². The minimum Gasteiger partial charge on any atom is -0.453 e. The molecule has 0 aliphatic carbocycles. The fourth-order valence-electron chi connectivity index (χ4n) is 3.70. The first kappa shape index (κ1) is 14.4. The molecule has 2 aliphatic heterocycles. The zero-order valence-corrected chi connectivity index (χ0v) is 14.9. The molecule has 0 amide bonds. The molecule has 0 bridgehead atoms. The highest BCUT2D eigenvalue weighted by molar-refractivity contribution is 7.95. The molecule has 1 N–H and O–H groups in total. The fourth-order valence-corrected chi connectivity index (χ4v) is 5.25. The van der Waals surface area contributed by atoms with E-state index in [4.69, 9.17) is 4.74 Å². The van der Waals surface area contributed by atoms with Crippen LogP contribution in [0, 0.1) is 0 Å². The summed E-state index contributed by atoms with van der Waals surface area (Å²) in [7, 11) is 0. The lowest BCUT2D eigenvalue weighted by Crippen LogP contribution is -2.30. The van der Waals surface area contributed by atoms with E-state index in [2.05, 4.69) is 43.0 Å². The highest BCUT2D eigenvalue weighted by Crippen LogP contribution is 2.61. The molecule has 5 rings (SSSR count). The van der Waals surface area contributed by atoms with Crippen LogP contribution < -0.4 is 9.64 Å². The largest absolute Gasteiger partial charge is 0.453 e. The van der Waals surface area contributed by atoms with Crippen LogP contribution in [0.2, 0.25) is 0 Å². The quantitative estimate of drug-likeness (QED) is 0.394. The number of hydrogen-bond acceptors (Lipinski definition) is 5. The number of ether oxygens (including phenoxy) is 1. The molecule has 0 saturated heterocycles. The van der Waals surface area contributed by atoms with Gasteiger partial charge in [-0.05, 0) is 29.8 Å². The zero-order valence-electron chi connectivity index (χ0n) is 13.2. The van der Waals surface area contributed by atoms with E-state index in [0.717, 1.165) is 44.8 Å². The van der Waals surface area contributed by atoms with Gasteiger partial charge in [0.05, 0.1) is 21.3 Å². The van der Waals surface area contributed by atoms with Crippen LogP contribution in [0.5, 0.6) is 11.5 Å². The zero-order chi connectivity index (χ0) is 16.5. The third kappa shape index (κ3) is 1.72. The Kier molecular flexibility index (Phi) is 2.87. The number of thiophene rings is 1. The summed E-state index contributed by atoms with van der Waals surface area (Å²) >= 11 is 2.48. The van der Waals surface area contributed by atoms with Crippen molar-refractivity contribution in [3.05, 3.63) is 59.0 Å². The standard InChI is InChI=1S/C19H15NO2S2/c1-19(2)11-6-5-9-15-17(11)20(12-7-3-4-8-14(12)22-15)13-10-16(24-21)23-18(13)19/h3-10,21H,1-2H3. The minimum atomic E-state index is -0.133. The van der Waals surface area contributed by atoms with Gasteiger partial charge < -0.3 is 14.2 Å². The smallest absolute Gasteiger partial charge is 0.151 e. The van der Waals surface area contributed by atoms with E-state index in [9.17, 15) is 4.55 Å². The van der Waals surface area contributed by atoms with Crippen molar-refractivity contribution in [3.63, 3.8) is 0 Å². The van der Waals surface area contributed by atoms with Gasteiger partial charge in [-0.1, -0.05) is 38.1 Å². The number of rotatable bonds is 1. The predicted molar refractivity (Wildman–Crippen MR) is 99.7 cm³/mol. The molecule has 5 heteroatoms. The van der Waals surface area contributed by atoms with E-state index in [1.807, 2.05) is 24.3 Å². The third-order valence-corrected chi connectivity index (χ3v) is 6.82. The number of benzene rings is 2. The van der Waals surface area contributed by atoms with Crippen LogP contribution in [-0.2, 0) is 5.41 Å². The second kappa shape index (κ2) is 4.79. The Hall–Kier alpha value is -1.95. The van der Waals surface area contributed by atoms with Crippen LogP contribution in [0.3, 0.4) is 0 Å². The van der Waals surface area contributed by atoms with Crippen molar-refractivity contribution >= 4 is 40.4 Å². The summed E-state index contributed by atoms with van der Waals surface area (Å²) < 4.78 is 16.7. The molecule has 1 aromatic heterocycles. The molecule has 0 saturated carbocycles. The average Bonchev–Trinajstić information content (AvgIpc) is 3.03. The Morgan fingerprint density at radius 2 is 1.83 bits per heavy atom. The second-order valence-corrected chi connectivity index (χ2v) is 8.49. The average molecular weight is 353 g/mol. The normalized spacial score (nSPS) is 16.0. The molecule has 0 fully saturated rings. The molecule has 3 nitrogen and oxygen atoms in total. The maximum absolute atomic E-state index is 9.58. The molecule has 0 atom stereocenters. The molecule has 3 aromatic rings. The summed E-state index contributed by atoms with van der Waals surface area (Å²) in [6, 6.07) is 16.4. The van der Waals surface area contributed by atoms with Gasteiger partial charge >= 0.3 is 0 Å². The molecule has 2 aromatic carbocycles. The lowest BCUT2D eigenvalue weighted by atomic mass is 9.78. The SMILES string of the molecule is CC1(C)c2cccc3c2N(c2ccccc2O3)c2cc(SO)sc21. The van der Waals surface area contributed by atoms with E-state index in [-0.39, 0.29) is 5.41 Å². The molecule has 120 valence electrons. The van der Waals surface area contributed by atoms with Crippen molar-refractivity contribution in [1.29, 1.82) is 0 Å². The summed E-state index contributed by atoms with van der Waals surface area (Å²) in [4.78, 5) is 3.54. The highest BCUT2D eigenvalue weighted by Gasteiger charge is 2.42. The van der Waals surface area contributed by atoms with Gasteiger partial charge in [-0.3, -0.25) is 0 Å². The van der Waals surface area contributed by atoms with Crippen molar-refractivity contribution < 1.29 is 9.29 Å². The maximum atomic E-state index is 9.58. The second-order valence-electron chi connectivity index (χ2n) is 6.55. The number of hydrogen-bond donors (Lipinski definition) is 1. The lowest BCUT2D eigenvalue weighted by molar-refractivity contribution is 0.472. The van der Waals surface area contributed by atoms with E-state index in [1.165, 1.54) is 10.4 Å². The number of fused-ring (bicyclic) bond motifs is 4. The van der Waals surface area contributed by atoms with Crippen LogP contribution in [-0.4, -0.2) is 4.55 Å². The Morgan fingerprint density at radius 3 is 2.67 bits per heavy atom. The third-order valence-electron chi connectivity index (χ3n) is 4.81. The summed E-state index contributed by atoms with van der Waals surface area (Å²) in [5, 5.41) is 0. The summed E-state index contributed by atoms with van der Waals surface area (Å²) in [5.41, 5.74) is 4.41. The van der Waals surface area contributed by atoms with Crippen molar-refractivity contribution in [2.75, 3.05) is 4.90 Å². The predicted octanol–water partition coefficient (Wildman–Crippen LogP) is 6.53. The summed E-state index contributed by atoms with van der Waals surface area (Å²) in [5.74, 6) is 1.74. The van der Waals surface area contributed by atoms with E-state index in [0.29, 0.717) is 0 Å². The van der Waals surface area contributed by atoms with Gasteiger partial charge in [-0.25, -0.2) is 0 Å². The van der Waals surface area contributed by atoms with Crippen molar-refractivity contribution in [1.82, 2.24) is 0 Å². The lowest BCUT2D eigenvalue weighted by Gasteiger charge is -2.43. The molecule has 0 spiro atoms. The Morgan fingerprint density at radius 1 is 1.04 bits per heavy atom. The van der Waals surface area contributed by atoms with Crippen LogP contribution in [0.4, 0.5) is 17.1 Å². The maximum Gasteiger partial charge on any atom is 0.151 e. The van der Waals surface area contributed by atoms with Crippen molar-refractivity contribution in [2.24, 2.45) is 0 Å². The fraction of sp³-hybridized carbons (Fsp3) is 0.158. The number of para-hydroxylation sites is 3. The van der Waals surface area contributed by atoms with Gasteiger partial charge in [0.1, 0.15) is 0 Å². The van der Waals surface area contributed by atoms with E-state index >= 15 is 0 Å². The summed E-state index contributed by atoms with van der Waals surface area (Å²) in [6.45, 7) is 4.48. The van der Waals surface area contributed by atoms with Crippen molar-refractivity contribution in [3.8, 4) is 11.5 Å². The van der Waals surface area contributed by atoms with E-state index in [1.54, 1.807) is 11.3 Å². The topological polar surface area (TPSA) is 32.7 Å². The molecule has 2 aliphatic rings. The van der Waals surface area contributed by atoms with Crippen LogP contribution in [0.15, 0.2) is 52.7 Å². The van der Waals surface area contributed by atoms with Gasteiger partial charge in [0, 0.05) is 22.3 Å². The Bertz CT molecular complexity index is 977. The first-order valence-electron chi connectivity index (χ1n) is 7.77. The Labute approximate surface area is 148 Å². The van der Waals surface area contributed by atoms with Gasteiger partial charge in [-0.15, -0.1) is 11.3 Å². The van der Waals surface area contributed by atoms with Gasteiger partial charge in [-0.2, -0.15) is 0 Å². The van der Waals surface area contributed by atoms with Crippen LogP contribution in [0.1, 0.15) is 24.3 Å². The molecule has 0 radical (unpaired) electrons. The van der Waals surface area contributed by atoms with Gasteiger partial charge in [0.25, 0.3) is 0 Å². The first-order valence-corrected chi connectivity index (χ1v) is 9.36. The molecule has 24 heavy (non-hydrogen) atoms. The highest BCUT2D eigenvalue weighted by atomic mass is 32.2. The van der Waals surface area contributed by atoms with Gasteiger partial charge in [0.15, 0.2) is 11.5 Å². The Balaban J connectivity index is 1.89. The van der Waals surface area contributed by atoms with Gasteiger partial charge in [0.2, 0.25) is 0 Å².